The maximum Gasteiger partial charge on any atom is 0.211 e. The number of hydrogen-bond acceptors (Lipinski definition) is 4. The van der Waals surface area contributed by atoms with Gasteiger partial charge in [0.05, 0.1) is 0 Å². The Labute approximate surface area is 129 Å². The third-order valence-corrected chi connectivity index (χ3v) is 3.86. The van der Waals surface area contributed by atoms with Crippen LogP contribution >= 0.6 is 11.6 Å². The summed E-state index contributed by atoms with van der Waals surface area (Å²) >= 11 is 6.05. The first-order valence-corrected chi connectivity index (χ1v) is 7.56. The molecule has 0 aromatic heterocycles. The number of ketones is 2. The van der Waals surface area contributed by atoms with E-state index in [-0.39, 0.29) is 22.3 Å². The van der Waals surface area contributed by atoms with Gasteiger partial charge in [0.15, 0.2) is 0 Å². The first-order valence-electron chi connectivity index (χ1n) is 7.19. The smallest absolute Gasteiger partial charge is 0.211 e. The van der Waals surface area contributed by atoms with E-state index in [0.29, 0.717) is 24.2 Å². The predicted octanol–water partition coefficient (Wildman–Crippen LogP) is 2.62. The maximum atomic E-state index is 12.4. The summed E-state index contributed by atoms with van der Waals surface area (Å²) in [5.41, 5.74) is 6.45. The number of allylic oxidation sites excluding steroid dienone is 2. The van der Waals surface area contributed by atoms with Crippen molar-refractivity contribution < 1.29 is 9.59 Å². The highest BCUT2D eigenvalue weighted by Gasteiger charge is 2.30. The molecule has 1 aliphatic carbocycles. The monoisotopic (exact) mass is 306 g/mol. The van der Waals surface area contributed by atoms with E-state index in [2.05, 4.69) is 5.32 Å². The second kappa shape index (κ2) is 7.38. The van der Waals surface area contributed by atoms with Crippen molar-refractivity contribution in [3.05, 3.63) is 46.1 Å². The Balaban J connectivity index is 2.01. The zero-order chi connectivity index (χ0) is 15.2. The molecule has 5 heteroatoms. The number of unbranched alkanes of at least 4 members (excludes halogenated alkanes) is 3. The second-order valence-corrected chi connectivity index (χ2v) is 5.40. The summed E-state index contributed by atoms with van der Waals surface area (Å²) in [5, 5.41) is 3.00. The standard InChI is InChI=1S/C16H19ClN2O2/c17-13-14(19-10-6-2-1-5-9-18)16(21)12-8-4-3-7-11(12)15(13)20/h3-4,7-8,19H,1-2,5-6,9-10,18H2. The highest BCUT2D eigenvalue weighted by atomic mass is 35.5. The van der Waals surface area contributed by atoms with Gasteiger partial charge in [-0.25, -0.2) is 0 Å². The van der Waals surface area contributed by atoms with Crippen molar-refractivity contribution in [1.82, 2.24) is 5.32 Å². The van der Waals surface area contributed by atoms with Crippen LogP contribution in [0.3, 0.4) is 0 Å². The van der Waals surface area contributed by atoms with Gasteiger partial charge in [0.2, 0.25) is 11.6 Å². The second-order valence-electron chi connectivity index (χ2n) is 5.02. The van der Waals surface area contributed by atoms with Crippen molar-refractivity contribution >= 4 is 23.2 Å². The summed E-state index contributed by atoms with van der Waals surface area (Å²) in [7, 11) is 0. The quantitative estimate of drug-likeness (QED) is 0.760. The van der Waals surface area contributed by atoms with E-state index in [4.69, 9.17) is 17.3 Å². The molecule has 0 spiro atoms. The van der Waals surface area contributed by atoms with E-state index in [1.165, 1.54) is 0 Å². The summed E-state index contributed by atoms with van der Waals surface area (Å²) < 4.78 is 0. The Kier molecular flexibility index (Phi) is 5.53. The van der Waals surface area contributed by atoms with Crippen LogP contribution in [-0.2, 0) is 0 Å². The number of benzene rings is 1. The molecule has 1 aliphatic rings. The Hall–Kier alpha value is -1.65. The number of halogens is 1. The molecule has 0 atom stereocenters. The lowest BCUT2D eigenvalue weighted by atomic mass is 9.92. The van der Waals surface area contributed by atoms with Crippen LogP contribution in [0.2, 0.25) is 0 Å². The van der Waals surface area contributed by atoms with Gasteiger partial charge in [-0.05, 0) is 19.4 Å². The highest BCUT2D eigenvalue weighted by molar-refractivity contribution is 6.49. The van der Waals surface area contributed by atoms with Crippen molar-refractivity contribution in [3.63, 3.8) is 0 Å². The first kappa shape index (κ1) is 15.7. The van der Waals surface area contributed by atoms with E-state index in [0.717, 1.165) is 25.7 Å². The summed E-state index contributed by atoms with van der Waals surface area (Å²) in [4.78, 5) is 24.5. The highest BCUT2D eigenvalue weighted by Crippen LogP contribution is 2.27. The van der Waals surface area contributed by atoms with Gasteiger partial charge in [-0.2, -0.15) is 0 Å². The number of Topliss-reactive ketones (excluding diaryl/α,β-unsaturated/α-hetero) is 2. The van der Waals surface area contributed by atoms with Gasteiger partial charge in [0.1, 0.15) is 10.7 Å². The predicted molar refractivity (Wildman–Crippen MR) is 83.5 cm³/mol. The SMILES string of the molecule is NCCCCCCNC1=C(Cl)C(=O)c2ccccc2C1=O. The van der Waals surface area contributed by atoms with Crippen molar-refractivity contribution in [2.45, 2.75) is 25.7 Å². The molecular weight excluding hydrogens is 288 g/mol. The number of nitrogens with one attached hydrogen (secondary N) is 1. The van der Waals surface area contributed by atoms with Crippen LogP contribution in [0.15, 0.2) is 35.0 Å². The zero-order valence-electron chi connectivity index (χ0n) is 11.8. The average Bonchev–Trinajstić information content (AvgIpc) is 2.51. The molecule has 0 saturated heterocycles. The Morgan fingerprint density at radius 3 is 2.24 bits per heavy atom. The summed E-state index contributed by atoms with van der Waals surface area (Å²) in [6.45, 7) is 1.32. The molecule has 4 nitrogen and oxygen atoms in total. The van der Waals surface area contributed by atoms with Gasteiger partial charge < -0.3 is 11.1 Å². The number of fused-ring (bicyclic) bond motifs is 1. The molecule has 0 unspecified atom stereocenters. The molecule has 3 N–H and O–H groups in total. The fraction of sp³-hybridized carbons (Fsp3) is 0.375. The van der Waals surface area contributed by atoms with E-state index >= 15 is 0 Å². The molecule has 0 radical (unpaired) electrons. The normalized spacial score (nSPS) is 14.4. The molecule has 112 valence electrons. The van der Waals surface area contributed by atoms with Crippen molar-refractivity contribution in [3.8, 4) is 0 Å². The molecule has 0 heterocycles. The largest absolute Gasteiger partial charge is 0.381 e. The summed E-state index contributed by atoms with van der Waals surface area (Å²) in [5.74, 6) is -0.505. The number of carbonyl (C=O) groups is 2. The van der Waals surface area contributed by atoms with Gasteiger partial charge in [0.25, 0.3) is 0 Å². The molecule has 0 bridgehead atoms. The number of carbonyl (C=O) groups excluding carboxylic acids is 2. The van der Waals surface area contributed by atoms with E-state index in [1.54, 1.807) is 24.3 Å². The van der Waals surface area contributed by atoms with Crippen LogP contribution in [0.25, 0.3) is 0 Å². The topological polar surface area (TPSA) is 72.2 Å². The van der Waals surface area contributed by atoms with Crippen molar-refractivity contribution in [2.24, 2.45) is 5.73 Å². The molecule has 2 rings (SSSR count). The molecule has 0 fully saturated rings. The van der Waals surface area contributed by atoms with Crippen LogP contribution < -0.4 is 11.1 Å². The van der Waals surface area contributed by atoms with Gasteiger partial charge >= 0.3 is 0 Å². The van der Waals surface area contributed by atoms with Crippen molar-refractivity contribution in [2.75, 3.05) is 13.1 Å². The Bertz CT molecular complexity index is 581. The third kappa shape index (κ3) is 3.52. The lowest BCUT2D eigenvalue weighted by Crippen LogP contribution is -2.29. The fourth-order valence-electron chi connectivity index (χ4n) is 2.34. The Morgan fingerprint density at radius 1 is 0.952 bits per heavy atom. The number of rotatable bonds is 7. The Morgan fingerprint density at radius 2 is 1.57 bits per heavy atom. The first-order chi connectivity index (χ1) is 10.2. The minimum atomic E-state index is -0.294. The number of nitrogens with two attached hydrogens (primary N) is 1. The van der Waals surface area contributed by atoms with Crippen LogP contribution in [0.5, 0.6) is 0 Å². The minimum Gasteiger partial charge on any atom is -0.381 e. The molecule has 1 aromatic rings. The maximum absolute atomic E-state index is 12.4. The summed E-state index contributed by atoms with van der Waals surface area (Å²) in [6.07, 6.45) is 4.03. The lowest BCUT2D eigenvalue weighted by Gasteiger charge is -2.18. The van der Waals surface area contributed by atoms with Crippen LogP contribution in [-0.4, -0.2) is 24.7 Å². The minimum absolute atomic E-state index is 0.0133. The van der Waals surface area contributed by atoms with E-state index < -0.39 is 0 Å². The van der Waals surface area contributed by atoms with Crippen LogP contribution in [0.4, 0.5) is 0 Å². The summed E-state index contributed by atoms with van der Waals surface area (Å²) in [6, 6.07) is 6.75. The molecule has 0 aliphatic heterocycles. The number of hydrogen-bond donors (Lipinski definition) is 2. The molecule has 1 aromatic carbocycles. The van der Waals surface area contributed by atoms with E-state index in [1.807, 2.05) is 0 Å². The van der Waals surface area contributed by atoms with Gasteiger partial charge in [-0.1, -0.05) is 48.7 Å². The molecule has 0 amide bonds. The lowest BCUT2D eigenvalue weighted by molar-refractivity contribution is 0.0974. The molecular formula is C16H19ClN2O2. The van der Waals surface area contributed by atoms with Gasteiger partial charge in [-0.15, -0.1) is 0 Å². The fourth-order valence-corrected chi connectivity index (χ4v) is 2.59. The van der Waals surface area contributed by atoms with Gasteiger partial charge in [0, 0.05) is 17.7 Å². The van der Waals surface area contributed by atoms with E-state index in [9.17, 15) is 9.59 Å². The van der Waals surface area contributed by atoms with Gasteiger partial charge in [-0.3, -0.25) is 9.59 Å². The average molecular weight is 307 g/mol. The molecule has 0 saturated carbocycles. The van der Waals surface area contributed by atoms with Crippen LogP contribution in [0, 0.1) is 0 Å². The van der Waals surface area contributed by atoms with Crippen molar-refractivity contribution in [1.29, 1.82) is 0 Å². The zero-order valence-corrected chi connectivity index (χ0v) is 12.6. The third-order valence-electron chi connectivity index (χ3n) is 3.49. The molecule has 21 heavy (non-hydrogen) atoms. The van der Waals surface area contributed by atoms with Crippen LogP contribution in [0.1, 0.15) is 46.4 Å².